The largest absolute Gasteiger partial charge is 0.495 e. The first-order valence-electron chi connectivity index (χ1n) is 10.2. The third kappa shape index (κ3) is 5.89. The predicted molar refractivity (Wildman–Crippen MR) is 128 cm³/mol. The third-order valence-corrected chi connectivity index (χ3v) is 6.25. The van der Waals surface area contributed by atoms with Gasteiger partial charge in [-0.3, -0.25) is 14.3 Å². The zero-order valence-corrected chi connectivity index (χ0v) is 19.3. The van der Waals surface area contributed by atoms with Gasteiger partial charge in [0, 0.05) is 23.4 Å². The van der Waals surface area contributed by atoms with Crippen LogP contribution in [0.3, 0.4) is 0 Å². The molecule has 0 bridgehead atoms. The van der Waals surface area contributed by atoms with E-state index < -0.39 is 15.9 Å². The highest BCUT2D eigenvalue weighted by Crippen LogP contribution is 2.26. The molecule has 3 rings (SSSR count). The van der Waals surface area contributed by atoms with Crippen LogP contribution in [-0.2, 0) is 14.8 Å². The molecule has 0 radical (unpaired) electrons. The molecule has 0 heterocycles. The Morgan fingerprint density at radius 1 is 0.909 bits per heavy atom. The number of rotatable bonds is 8. The Morgan fingerprint density at radius 3 is 2.27 bits per heavy atom. The summed E-state index contributed by atoms with van der Waals surface area (Å²) in [7, 11) is -2.42. The zero-order chi connectivity index (χ0) is 24.0. The molecule has 33 heavy (non-hydrogen) atoms. The number of hydrogen-bond acceptors (Lipinski definition) is 5. The lowest BCUT2D eigenvalue weighted by Gasteiger charge is -2.13. The lowest BCUT2D eigenvalue weighted by molar-refractivity contribution is -0.115. The second kappa shape index (κ2) is 10.2. The van der Waals surface area contributed by atoms with Crippen LogP contribution in [-0.4, -0.2) is 27.3 Å². The molecule has 0 fully saturated rings. The van der Waals surface area contributed by atoms with Crippen LogP contribution < -0.4 is 20.1 Å². The molecule has 172 valence electrons. The first kappa shape index (κ1) is 23.8. The second-order valence-electron chi connectivity index (χ2n) is 7.22. The van der Waals surface area contributed by atoms with Crippen molar-refractivity contribution in [3.63, 3.8) is 0 Å². The molecule has 0 aromatic heterocycles. The Hall–Kier alpha value is -3.85. The molecular formula is C24H25N3O5S. The summed E-state index contributed by atoms with van der Waals surface area (Å²) < 4.78 is 33.1. The van der Waals surface area contributed by atoms with Gasteiger partial charge in [0.05, 0.1) is 17.7 Å². The van der Waals surface area contributed by atoms with E-state index >= 15 is 0 Å². The Kier molecular flexibility index (Phi) is 7.34. The maximum absolute atomic E-state index is 12.7. The van der Waals surface area contributed by atoms with Crippen molar-refractivity contribution in [2.24, 2.45) is 0 Å². The third-order valence-electron chi connectivity index (χ3n) is 4.87. The molecule has 3 N–H and O–H groups in total. The average molecular weight is 468 g/mol. The predicted octanol–water partition coefficient (Wildman–Crippen LogP) is 4.41. The SMILES string of the molecule is CCC(=O)Nc1ccc(C)c(NC(=O)c2ccc(S(=O)(=O)Nc3ccccc3OC)cc2)c1. The summed E-state index contributed by atoms with van der Waals surface area (Å²) in [5.74, 6) is -0.141. The van der Waals surface area contributed by atoms with Crippen molar-refractivity contribution in [3.8, 4) is 5.75 Å². The van der Waals surface area contributed by atoms with E-state index in [9.17, 15) is 18.0 Å². The molecule has 0 aliphatic heterocycles. The molecule has 0 aliphatic rings. The van der Waals surface area contributed by atoms with Crippen molar-refractivity contribution >= 4 is 38.9 Å². The van der Waals surface area contributed by atoms with Gasteiger partial charge >= 0.3 is 0 Å². The van der Waals surface area contributed by atoms with E-state index in [-0.39, 0.29) is 16.4 Å². The molecule has 0 spiro atoms. The fraction of sp³-hybridized carbons (Fsp3) is 0.167. The van der Waals surface area contributed by atoms with Gasteiger partial charge in [0.1, 0.15) is 5.75 Å². The Balaban J connectivity index is 1.75. The van der Waals surface area contributed by atoms with E-state index in [1.54, 1.807) is 49.4 Å². The summed E-state index contributed by atoms with van der Waals surface area (Å²) in [5, 5.41) is 5.55. The fourth-order valence-electron chi connectivity index (χ4n) is 3.00. The molecule has 8 nitrogen and oxygen atoms in total. The highest BCUT2D eigenvalue weighted by Gasteiger charge is 2.17. The number of methoxy groups -OCH3 is 1. The second-order valence-corrected chi connectivity index (χ2v) is 8.90. The number of benzene rings is 3. The van der Waals surface area contributed by atoms with E-state index in [0.717, 1.165) is 5.56 Å². The van der Waals surface area contributed by atoms with Crippen LogP contribution in [0.15, 0.2) is 71.6 Å². The van der Waals surface area contributed by atoms with E-state index in [0.29, 0.717) is 29.2 Å². The number of anilines is 3. The van der Waals surface area contributed by atoms with Crippen molar-refractivity contribution in [2.45, 2.75) is 25.2 Å². The summed E-state index contributed by atoms with van der Waals surface area (Å²) in [6.07, 6.45) is 0.344. The number of ether oxygens (including phenoxy) is 1. The van der Waals surface area contributed by atoms with Crippen molar-refractivity contribution in [2.75, 3.05) is 22.5 Å². The normalized spacial score (nSPS) is 10.9. The highest BCUT2D eigenvalue weighted by molar-refractivity contribution is 7.92. The molecule has 2 amide bonds. The summed E-state index contributed by atoms with van der Waals surface area (Å²) in [4.78, 5) is 24.3. The molecule has 3 aromatic carbocycles. The summed E-state index contributed by atoms with van der Waals surface area (Å²) >= 11 is 0. The molecule has 3 aromatic rings. The number of aryl methyl sites for hydroxylation is 1. The topological polar surface area (TPSA) is 114 Å². The van der Waals surface area contributed by atoms with Gasteiger partial charge in [-0.2, -0.15) is 0 Å². The van der Waals surface area contributed by atoms with Crippen LogP contribution in [0.5, 0.6) is 5.75 Å². The van der Waals surface area contributed by atoms with E-state index in [4.69, 9.17) is 4.74 Å². The minimum Gasteiger partial charge on any atom is -0.495 e. The van der Waals surface area contributed by atoms with Gasteiger partial charge in [-0.05, 0) is 61.0 Å². The zero-order valence-electron chi connectivity index (χ0n) is 18.5. The van der Waals surface area contributed by atoms with Crippen molar-refractivity contribution in [3.05, 3.63) is 77.9 Å². The quantitative estimate of drug-likeness (QED) is 0.454. The lowest BCUT2D eigenvalue weighted by atomic mass is 10.1. The fourth-order valence-corrected chi connectivity index (χ4v) is 4.07. The van der Waals surface area contributed by atoms with Crippen LogP contribution >= 0.6 is 0 Å². The molecule has 0 saturated heterocycles. The number of para-hydroxylation sites is 2. The standard InChI is InChI=1S/C24H25N3O5S/c1-4-23(28)25-18-12-9-16(2)21(15-18)26-24(29)17-10-13-19(14-11-17)33(30,31)27-20-7-5-6-8-22(20)32-3/h5-15,27H,4H2,1-3H3,(H,25,28)(H,26,29). The number of amides is 2. The van der Waals surface area contributed by atoms with Gasteiger partial charge in [0.25, 0.3) is 15.9 Å². The van der Waals surface area contributed by atoms with Crippen molar-refractivity contribution in [1.29, 1.82) is 0 Å². The summed E-state index contributed by atoms with van der Waals surface area (Å²) in [6.45, 7) is 3.59. The van der Waals surface area contributed by atoms with Crippen LogP contribution in [0.1, 0.15) is 29.3 Å². The summed E-state index contributed by atoms with van der Waals surface area (Å²) in [5.41, 5.74) is 2.54. The highest BCUT2D eigenvalue weighted by atomic mass is 32.2. The molecule has 0 unspecified atom stereocenters. The minimum absolute atomic E-state index is 0.00501. The first-order valence-corrected chi connectivity index (χ1v) is 11.7. The van der Waals surface area contributed by atoms with Gasteiger partial charge in [-0.15, -0.1) is 0 Å². The van der Waals surface area contributed by atoms with Gasteiger partial charge in [0.15, 0.2) is 0 Å². The summed E-state index contributed by atoms with van der Waals surface area (Å²) in [6, 6.07) is 17.5. The lowest BCUT2D eigenvalue weighted by Crippen LogP contribution is -2.16. The van der Waals surface area contributed by atoms with Gasteiger partial charge in [-0.25, -0.2) is 8.42 Å². The Bertz CT molecular complexity index is 1270. The van der Waals surface area contributed by atoms with Crippen LogP contribution in [0, 0.1) is 6.92 Å². The van der Waals surface area contributed by atoms with Crippen LogP contribution in [0.25, 0.3) is 0 Å². The van der Waals surface area contributed by atoms with Crippen LogP contribution in [0.4, 0.5) is 17.1 Å². The van der Waals surface area contributed by atoms with E-state index in [1.165, 1.54) is 31.4 Å². The number of hydrogen-bond donors (Lipinski definition) is 3. The van der Waals surface area contributed by atoms with Crippen LogP contribution in [0.2, 0.25) is 0 Å². The van der Waals surface area contributed by atoms with E-state index in [1.807, 2.05) is 6.92 Å². The molecule has 0 aliphatic carbocycles. The Labute approximate surface area is 193 Å². The number of carbonyl (C=O) groups excluding carboxylic acids is 2. The van der Waals surface area contributed by atoms with Gasteiger partial charge in [-0.1, -0.05) is 25.1 Å². The number of nitrogens with one attached hydrogen (secondary N) is 3. The van der Waals surface area contributed by atoms with E-state index in [2.05, 4.69) is 15.4 Å². The van der Waals surface area contributed by atoms with Crippen molar-refractivity contribution < 1.29 is 22.7 Å². The van der Waals surface area contributed by atoms with Crippen molar-refractivity contribution in [1.82, 2.24) is 0 Å². The van der Waals surface area contributed by atoms with Gasteiger partial charge in [0.2, 0.25) is 5.91 Å². The first-order chi connectivity index (χ1) is 15.7. The average Bonchev–Trinajstić information content (AvgIpc) is 2.81. The minimum atomic E-state index is -3.88. The molecular weight excluding hydrogens is 442 g/mol. The maximum Gasteiger partial charge on any atom is 0.262 e. The number of sulfonamides is 1. The Morgan fingerprint density at radius 2 is 1.61 bits per heavy atom. The monoisotopic (exact) mass is 467 g/mol. The molecule has 0 saturated carbocycles. The maximum atomic E-state index is 12.7. The van der Waals surface area contributed by atoms with Gasteiger partial charge < -0.3 is 15.4 Å². The molecule has 9 heteroatoms. The smallest absolute Gasteiger partial charge is 0.262 e. The number of carbonyl (C=O) groups is 2. The molecule has 0 atom stereocenters.